The minimum atomic E-state index is 0.122. The summed E-state index contributed by atoms with van der Waals surface area (Å²) >= 11 is 1.54. The molecule has 4 heteroatoms. The zero-order valence-corrected chi connectivity index (χ0v) is 11.4. The van der Waals surface area contributed by atoms with Crippen LogP contribution in [0.15, 0.2) is 6.20 Å². The highest BCUT2D eigenvalue weighted by atomic mass is 32.1. The van der Waals surface area contributed by atoms with Crippen LogP contribution in [0.3, 0.4) is 0 Å². The van der Waals surface area contributed by atoms with Gasteiger partial charge in [-0.15, -0.1) is 0 Å². The summed E-state index contributed by atoms with van der Waals surface area (Å²) in [6.45, 7) is 4.93. The van der Waals surface area contributed by atoms with Crippen LogP contribution in [0.25, 0.3) is 0 Å². The van der Waals surface area contributed by atoms with E-state index in [9.17, 15) is 4.79 Å². The third-order valence-electron chi connectivity index (χ3n) is 3.43. The fourth-order valence-corrected chi connectivity index (χ4v) is 3.32. The number of thiazole rings is 1. The largest absolute Gasteiger partial charge is 0.345 e. The van der Waals surface area contributed by atoms with E-state index < -0.39 is 0 Å². The summed E-state index contributed by atoms with van der Waals surface area (Å²) in [4.78, 5) is 18.9. The van der Waals surface area contributed by atoms with Crippen LogP contribution in [-0.4, -0.2) is 23.4 Å². The summed E-state index contributed by atoms with van der Waals surface area (Å²) in [6.07, 6.45) is 8.02. The monoisotopic (exact) mass is 252 g/mol. The normalized spacial score (nSPS) is 21.3. The molecule has 1 saturated heterocycles. The number of carbonyl (C=O) groups excluding carboxylic acids is 1. The SMILES string of the molecule is CCC1CCCCCN1c1ncc(C(C)=O)s1. The number of rotatable bonds is 3. The summed E-state index contributed by atoms with van der Waals surface area (Å²) in [5, 5.41) is 1.03. The first-order valence-electron chi connectivity index (χ1n) is 6.45. The van der Waals surface area contributed by atoms with Crippen LogP contribution in [0.2, 0.25) is 0 Å². The quantitative estimate of drug-likeness (QED) is 0.772. The fourth-order valence-electron chi connectivity index (χ4n) is 2.41. The Bertz CT molecular complexity index is 389. The number of anilines is 1. The van der Waals surface area contributed by atoms with Crippen molar-refractivity contribution in [2.75, 3.05) is 11.4 Å². The topological polar surface area (TPSA) is 33.2 Å². The minimum Gasteiger partial charge on any atom is -0.345 e. The van der Waals surface area contributed by atoms with E-state index in [4.69, 9.17) is 0 Å². The average Bonchev–Trinajstić information content (AvgIpc) is 2.68. The van der Waals surface area contributed by atoms with E-state index in [2.05, 4.69) is 16.8 Å². The van der Waals surface area contributed by atoms with Gasteiger partial charge in [-0.1, -0.05) is 31.1 Å². The van der Waals surface area contributed by atoms with Crippen molar-refractivity contribution in [1.82, 2.24) is 4.98 Å². The molecule has 0 amide bonds. The van der Waals surface area contributed by atoms with Crippen LogP contribution in [-0.2, 0) is 0 Å². The van der Waals surface area contributed by atoms with Crippen LogP contribution in [0.1, 0.15) is 55.6 Å². The van der Waals surface area contributed by atoms with Crippen LogP contribution >= 0.6 is 11.3 Å². The number of hydrogen-bond acceptors (Lipinski definition) is 4. The van der Waals surface area contributed by atoms with E-state index in [1.54, 1.807) is 24.5 Å². The van der Waals surface area contributed by atoms with Crippen molar-refractivity contribution in [2.45, 2.75) is 52.0 Å². The number of nitrogens with zero attached hydrogens (tertiary/aromatic N) is 2. The Hall–Kier alpha value is -0.900. The summed E-state index contributed by atoms with van der Waals surface area (Å²) in [5.74, 6) is 0.122. The minimum absolute atomic E-state index is 0.122. The third-order valence-corrected chi connectivity index (χ3v) is 4.57. The van der Waals surface area contributed by atoms with Gasteiger partial charge in [0, 0.05) is 19.5 Å². The molecule has 3 nitrogen and oxygen atoms in total. The molecular weight excluding hydrogens is 232 g/mol. The first-order valence-corrected chi connectivity index (χ1v) is 7.27. The second-order valence-electron chi connectivity index (χ2n) is 4.67. The molecule has 1 atom stereocenters. The van der Waals surface area contributed by atoms with E-state index in [0.717, 1.165) is 23.0 Å². The van der Waals surface area contributed by atoms with E-state index >= 15 is 0 Å². The zero-order valence-electron chi connectivity index (χ0n) is 10.6. The van der Waals surface area contributed by atoms with Crippen molar-refractivity contribution in [3.8, 4) is 0 Å². The number of ketones is 1. The van der Waals surface area contributed by atoms with Gasteiger partial charge in [-0.25, -0.2) is 4.98 Å². The summed E-state index contributed by atoms with van der Waals surface area (Å²) in [7, 11) is 0. The van der Waals surface area contributed by atoms with E-state index in [0.29, 0.717) is 6.04 Å². The van der Waals surface area contributed by atoms with Gasteiger partial charge >= 0.3 is 0 Å². The smallest absolute Gasteiger partial charge is 0.186 e. The van der Waals surface area contributed by atoms with Crippen LogP contribution < -0.4 is 4.90 Å². The maximum absolute atomic E-state index is 11.3. The highest BCUT2D eigenvalue weighted by Gasteiger charge is 2.22. The lowest BCUT2D eigenvalue weighted by atomic mass is 10.1. The Labute approximate surface area is 107 Å². The summed E-state index contributed by atoms with van der Waals surface area (Å²) in [5.41, 5.74) is 0. The fraction of sp³-hybridized carbons (Fsp3) is 0.692. The van der Waals surface area contributed by atoms with Crippen molar-refractivity contribution in [3.63, 3.8) is 0 Å². The van der Waals surface area contributed by atoms with E-state index in [-0.39, 0.29) is 5.78 Å². The molecule has 1 aliphatic rings. The first kappa shape index (κ1) is 12.6. The third kappa shape index (κ3) is 2.86. The van der Waals surface area contributed by atoms with Gasteiger partial charge in [-0.2, -0.15) is 0 Å². The predicted octanol–water partition coefficient (Wildman–Crippen LogP) is 3.50. The molecule has 0 radical (unpaired) electrons. The highest BCUT2D eigenvalue weighted by Crippen LogP contribution is 2.29. The molecule has 17 heavy (non-hydrogen) atoms. The maximum Gasteiger partial charge on any atom is 0.186 e. The average molecular weight is 252 g/mol. The standard InChI is InChI=1S/C13H20N2OS/c1-3-11-7-5-4-6-8-15(11)13-14-9-12(17-13)10(2)16/h9,11H,3-8H2,1-2H3. The van der Waals surface area contributed by atoms with Gasteiger partial charge < -0.3 is 4.90 Å². The molecule has 1 unspecified atom stereocenters. The molecule has 1 fully saturated rings. The van der Waals surface area contributed by atoms with Gasteiger partial charge in [-0.05, 0) is 19.3 Å². The zero-order chi connectivity index (χ0) is 12.3. The molecule has 1 aromatic heterocycles. The molecule has 2 rings (SSSR count). The number of carbonyl (C=O) groups is 1. The Kier molecular flexibility index (Phi) is 4.15. The van der Waals surface area contributed by atoms with Crippen molar-refractivity contribution in [2.24, 2.45) is 0 Å². The molecular formula is C13H20N2OS. The molecule has 0 saturated carbocycles. The Morgan fingerprint density at radius 1 is 1.53 bits per heavy atom. The Morgan fingerprint density at radius 3 is 3.00 bits per heavy atom. The van der Waals surface area contributed by atoms with Crippen molar-refractivity contribution < 1.29 is 4.79 Å². The highest BCUT2D eigenvalue weighted by molar-refractivity contribution is 7.17. The molecule has 0 spiro atoms. The lowest BCUT2D eigenvalue weighted by molar-refractivity contribution is 0.102. The molecule has 94 valence electrons. The van der Waals surface area contributed by atoms with Crippen molar-refractivity contribution in [3.05, 3.63) is 11.1 Å². The van der Waals surface area contributed by atoms with Crippen LogP contribution in [0, 0.1) is 0 Å². The van der Waals surface area contributed by atoms with Crippen LogP contribution in [0.5, 0.6) is 0 Å². The first-order chi connectivity index (χ1) is 8.22. The Morgan fingerprint density at radius 2 is 2.35 bits per heavy atom. The Balaban J connectivity index is 2.19. The lowest BCUT2D eigenvalue weighted by Gasteiger charge is -2.28. The van der Waals surface area contributed by atoms with Gasteiger partial charge in [-0.3, -0.25) is 4.79 Å². The summed E-state index contributed by atoms with van der Waals surface area (Å²) < 4.78 is 0. The summed E-state index contributed by atoms with van der Waals surface area (Å²) in [6, 6.07) is 0.600. The van der Waals surface area contributed by atoms with Gasteiger partial charge in [0.1, 0.15) is 0 Å². The number of aromatic nitrogens is 1. The van der Waals surface area contributed by atoms with E-state index in [1.165, 1.54) is 25.7 Å². The maximum atomic E-state index is 11.3. The second-order valence-corrected chi connectivity index (χ2v) is 5.68. The molecule has 1 aromatic rings. The van der Waals surface area contributed by atoms with Gasteiger partial charge in [0.15, 0.2) is 10.9 Å². The lowest BCUT2D eigenvalue weighted by Crippen LogP contribution is -2.34. The van der Waals surface area contributed by atoms with Crippen molar-refractivity contribution >= 4 is 22.3 Å². The van der Waals surface area contributed by atoms with Gasteiger partial charge in [0.25, 0.3) is 0 Å². The molecule has 1 aliphatic heterocycles. The number of hydrogen-bond donors (Lipinski definition) is 0. The molecule has 2 heterocycles. The predicted molar refractivity (Wildman–Crippen MR) is 72.0 cm³/mol. The second kappa shape index (κ2) is 5.63. The molecule has 0 N–H and O–H groups in total. The molecule has 0 aliphatic carbocycles. The van der Waals surface area contributed by atoms with Gasteiger partial charge in [0.05, 0.1) is 11.1 Å². The number of Topliss-reactive ketones (excluding diaryl/α,β-unsaturated/α-hetero) is 1. The van der Waals surface area contributed by atoms with E-state index in [1.807, 2.05) is 0 Å². The van der Waals surface area contributed by atoms with Gasteiger partial charge in [0.2, 0.25) is 0 Å². The van der Waals surface area contributed by atoms with Crippen LogP contribution in [0.4, 0.5) is 5.13 Å². The molecule has 0 aromatic carbocycles. The van der Waals surface area contributed by atoms with Crippen molar-refractivity contribution in [1.29, 1.82) is 0 Å². The molecule has 0 bridgehead atoms.